The SMILES string of the molecule is Brc1ccccc1[Se]c1ccccc1. The van der Waals surface area contributed by atoms with Gasteiger partial charge in [-0.1, -0.05) is 0 Å². The molecule has 0 unspecified atom stereocenters. The van der Waals surface area contributed by atoms with Gasteiger partial charge in [-0.15, -0.1) is 0 Å². The predicted molar refractivity (Wildman–Crippen MR) is 65.6 cm³/mol. The van der Waals surface area contributed by atoms with Crippen LogP contribution in [-0.4, -0.2) is 15.0 Å². The molecule has 0 aliphatic rings. The first-order chi connectivity index (χ1) is 6.86. The molecule has 2 heteroatoms. The monoisotopic (exact) mass is 312 g/mol. The molecule has 0 spiro atoms. The first kappa shape index (κ1) is 9.97. The molecule has 2 aromatic rings. The van der Waals surface area contributed by atoms with Gasteiger partial charge in [0.15, 0.2) is 0 Å². The van der Waals surface area contributed by atoms with Crippen molar-refractivity contribution in [2.45, 2.75) is 0 Å². The Morgan fingerprint density at radius 1 is 0.786 bits per heavy atom. The van der Waals surface area contributed by atoms with Gasteiger partial charge in [0.2, 0.25) is 0 Å². The molecule has 2 rings (SSSR count). The fourth-order valence-corrected chi connectivity index (χ4v) is 3.65. The molecule has 0 nitrogen and oxygen atoms in total. The second kappa shape index (κ2) is 4.79. The molecule has 14 heavy (non-hydrogen) atoms. The fourth-order valence-electron chi connectivity index (χ4n) is 1.14. The van der Waals surface area contributed by atoms with Crippen LogP contribution in [0.25, 0.3) is 0 Å². The summed E-state index contributed by atoms with van der Waals surface area (Å²) in [6.07, 6.45) is 0. The third kappa shape index (κ3) is 2.48. The van der Waals surface area contributed by atoms with Gasteiger partial charge in [0.1, 0.15) is 0 Å². The van der Waals surface area contributed by atoms with E-state index in [1.807, 2.05) is 0 Å². The summed E-state index contributed by atoms with van der Waals surface area (Å²) < 4.78 is 4.02. The molecule has 0 atom stereocenters. The Balaban J connectivity index is 2.24. The molecule has 70 valence electrons. The van der Waals surface area contributed by atoms with Crippen molar-refractivity contribution in [3.05, 3.63) is 59.1 Å². The molecule has 0 aliphatic heterocycles. The zero-order valence-electron chi connectivity index (χ0n) is 7.48. The third-order valence-electron chi connectivity index (χ3n) is 1.81. The Kier molecular flexibility index (Phi) is 3.41. The first-order valence-electron chi connectivity index (χ1n) is 4.34. The minimum atomic E-state index is 0.404. The Bertz CT molecular complexity index is 412. The summed E-state index contributed by atoms with van der Waals surface area (Å²) in [6.45, 7) is 0. The molecule has 0 bridgehead atoms. The molecule has 0 aliphatic carbocycles. The van der Waals surface area contributed by atoms with Crippen LogP contribution in [0.1, 0.15) is 0 Å². The van der Waals surface area contributed by atoms with Gasteiger partial charge in [0.25, 0.3) is 0 Å². The van der Waals surface area contributed by atoms with Crippen molar-refractivity contribution in [3.63, 3.8) is 0 Å². The van der Waals surface area contributed by atoms with Crippen LogP contribution in [0.2, 0.25) is 0 Å². The normalized spacial score (nSPS) is 10.1. The molecule has 0 saturated heterocycles. The van der Waals surface area contributed by atoms with Gasteiger partial charge >= 0.3 is 98.9 Å². The molecule has 0 fully saturated rings. The Labute approximate surface area is 98.6 Å². The second-order valence-corrected chi connectivity index (χ2v) is 6.04. The van der Waals surface area contributed by atoms with E-state index in [9.17, 15) is 0 Å². The van der Waals surface area contributed by atoms with Crippen LogP contribution in [-0.2, 0) is 0 Å². The summed E-state index contributed by atoms with van der Waals surface area (Å²) in [6, 6.07) is 19.0. The molecular weight excluding hydrogens is 303 g/mol. The van der Waals surface area contributed by atoms with Crippen molar-refractivity contribution >= 4 is 39.8 Å². The average molecular weight is 312 g/mol. The van der Waals surface area contributed by atoms with E-state index in [-0.39, 0.29) is 0 Å². The number of benzene rings is 2. The summed E-state index contributed by atoms with van der Waals surface area (Å²) in [4.78, 5) is 0. The predicted octanol–water partition coefficient (Wildman–Crippen LogP) is 2.10. The van der Waals surface area contributed by atoms with E-state index in [4.69, 9.17) is 0 Å². The minimum absolute atomic E-state index is 0.404. The molecular formula is C12H9BrSe. The zero-order valence-corrected chi connectivity index (χ0v) is 10.8. The van der Waals surface area contributed by atoms with Gasteiger partial charge in [0.05, 0.1) is 0 Å². The van der Waals surface area contributed by atoms with Gasteiger partial charge in [-0.3, -0.25) is 0 Å². The third-order valence-corrected chi connectivity index (χ3v) is 5.36. The van der Waals surface area contributed by atoms with E-state index in [1.165, 1.54) is 13.4 Å². The number of halogens is 1. The molecule has 0 heterocycles. The van der Waals surface area contributed by atoms with Crippen LogP contribution >= 0.6 is 15.9 Å². The Hall–Kier alpha value is -0.561. The van der Waals surface area contributed by atoms with E-state index in [0.717, 1.165) is 0 Å². The van der Waals surface area contributed by atoms with Crippen LogP contribution in [0, 0.1) is 0 Å². The maximum atomic E-state index is 3.57. The van der Waals surface area contributed by atoms with Crippen molar-refractivity contribution in [1.82, 2.24) is 0 Å². The van der Waals surface area contributed by atoms with Gasteiger partial charge in [0, 0.05) is 0 Å². The van der Waals surface area contributed by atoms with E-state index >= 15 is 0 Å². The average Bonchev–Trinajstić information content (AvgIpc) is 2.23. The van der Waals surface area contributed by atoms with Gasteiger partial charge < -0.3 is 0 Å². The summed E-state index contributed by atoms with van der Waals surface area (Å²) in [7, 11) is 0. The van der Waals surface area contributed by atoms with E-state index in [1.54, 1.807) is 0 Å². The Morgan fingerprint density at radius 2 is 1.43 bits per heavy atom. The van der Waals surface area contributed by atoms with E-state index < -0.39 is 0 Å². The number of hydrogen-bond donors (Lipinski definition) is 0. The van der Waals surface area contributed by atoms with Crippen LogP contribution in [0.5, 0.6) is 0 Å². The Morgan fingerprint density at radius 3 is 2.14 bits per heavy atom. The summed E-state index contributed by atoms with van der Waals surface area (Å²) >= 11 is 3.97. The van der Waals surface area contributed by atoms with E-state index in [0.29, 0.717) is 15.0 Å². The van der Waals surface area contributed by atoms with Crippen molar-refractivity contribution in [2.24, 2.45) is 0 Å². The van der Waals surface area contributed by atoms with Crippen molar-refractivity contribution in [1.29, 1.82) is 0 Å². The fraction of sp³-hybridized carbons (Fsp3) is 0. The molecule has 0 saturated carbocycles. The molecule has 0 amide bonds. The quantitative estimate of drug-likeness (QED) is 0.745. The standard InChI is InChI=1S/C12H9BrSe/c13-11-8-4-5-9-12(11)14-10-6-2-1-3-7-10/h1-9H. The molecule has 0 N–H and O–H groups in total. The number of hydrogen-bond acceptors (Lipinski definition) is 0. The van der Waals surface area contributed by atoms with Crippen LogP contribution in [0.4, 0.5) is 0 Å². The van der Waals surface area contributed by atoms with E-state index in [2.05, 4.69) is 70.5 Å². The van der Waals surface area contributed by atoms with Crippen LogP contribution in [0.3, 0.4) is 0 Å². The summed E-state index contributed by atoms with van der Waals surface area (Å²) in [5, 5.41) is 0. The van der Waals surface area contributed by atoms with Gasteiger partial charge in [-0.05, 0) is 0 Å². The molecule has 2 aromatic carbocycles. The van der Waals surface area contributed by atoms with Crippen molar-refractivity contribution in [3.8, 4) is 0 Å². The maximum absolute atomic E-state index is 3.57. The van der Waals surface area contributed by atoms with Crippen molar-refractivity contribution < 1.29 is 0 Å². The number of rotatable bonds is 2. The summed E-state index contributed by atoms with van der Waals surface area (Å²) in [5.41, 5.74) is 0. The molecule has 0 aromatic heterocycles. The van der Waals surface area contributed by atoms with Crippen molar-refractivity contribution in [2.75, 3.05) is 0 Å². The van der Waals surface area contributed by atoms with Gasteiger partial charge in [-0.25, -0.2) is 0 Å². The first-order valence-corrected chi connectivity index (χ1v) is 6.84. The van der Waals surface area contributed by atoms with Crippen LogP contribution in [0.15, 0.2) is 59.1 Å². The second-order valence-electron chi connectivity index (χ2n) is 2.85. The van der Waals surface area contributed by atoms with Gasteiger partial charge in [-0.2, -0.15) is 0 Å². The zero-order chi connectivity index (χ0) is 9.80. The molecule has 0 radical (unpaired) electrons. The summed E-state index contributed by atoms with van der Waals surface area (Å²) in [5.74, 6) is 0. The topological polar surface area (TPSA) is 0 Å². The van der Waals surface area contributed by atoms with Crippen LogP contribution < -0.4 is 8.92 Å².